The first-order chi connectivity index (χ1) is 35.3. The topological polar surface area (TPSA) is 205 Å². The number of nitrogen functional groups attached to an aromatic ring is 2. The molecule has 4 aromatic carbocycles. The van der Waals surface area contributed by atoms with Crippen molar-refractivity contribution >= 4 is 85.2 Å². The number of aromatic nitrogens is 10. The van der Waals surface area contributed by atoms with Gasteiger partial charge in [-0.3, -0.25) is 0 Å². The van der Waals surface area contributed by atoms with Crippen molar-refractivity contribution in [2.45, 2.75) is 76.7 Å². The molecule has 2 aliphatic rings. The van der Waals surface area contributed by atoms with Crippen LogP contribution < -0.4 is 11.5 Å². The minimum atomic E-state index is -4.52. The van der Waals surface area contributed by atoms with E-state index in [-0.39, 0.29) is 41.4 Å². The molecule has 12 rings (SSSR count). The van der Waals surface area contributed by atoms with Gasteiger partial charge in [-0.2, -0.15) is 36.5 Å². The molecular weight excluding hydrogens is 1080 g/mol. The molecule has 0 amide bonds. The summed E-state index contributed by atoms with van der Waals surface area (Å²) < 4.78 is 87.4. The van der Waals surface area contributed by atoms with Gasteiger partial charge in [-0.1, -0.05) is 85.6 Å². The molecule has 0 spiro atoms. The molecule has 0 aliphatic heterocycles. The van der Waals surface area contributed by atoms with Crippen LogP contribution in [0.25, 0.3) is 66.4 Å². The molecule has 10 aromatic rings. The average molecular weight is 1120 g/mol. The molecule has 2 fully saturated rings. The number of halogens is 7. The summed E-state index contributed by atoms with van der Waals surface area (Å²) in [5.74, 6) is 1.17. The highest BCUT2D eigenvalue weighted by atomic mass is 127. The molecule has 0 atom stereocenters. The zero-order valence-corrected chi connectivity index (χ0v) is 41.7. The predicted molar refractivity (Wildman–Crippen MR) is 279 cm³/mol. The van der Waals surface area contributed by atoms with Crippen molar-refractivity contribution in [3.63, 3.8) is 0 Å². The highest BCUT2D eigenvalue weighted by molar-refractivity contribution is 14.1. The number of hydrogen-bond donors (Lipinski definition) is 4. The van der Waals surface area contributed by atoms with Crippen molar-refractivity contribution in [3.05, 3.63) is 152 Å². The number of hydrogen-bond acceptors (Lipinski definition) is 12. The highest BCUT2D eigenvalue weighted by Gasteiger charge is 2.37. The Hall–Kier alpha value is -7.31. The lowest BCUT2D eigenvalue weighted by molar-refractivity contribution is -0.137. The van der Waals surface area contributed by atoms with Crippen LogP contribution in [0.5, 0.6) is 0 Å². The molecule has 6 heterocycles. The molecular formula is C52H44BF6IN12O2. The third kappa shape index (κ3) is 10.2. The maximum Gasteiger partial charge on any atom is 0.454 e. The number of nitrogens with two attached hydrogens (primary N) is 2. The zero-order chi connectivity index (χ0) is 52.2. The number of alkyl halides is 6. The summed E-state index contributed by atoms with van der Waals surface area (Å²) in [5, 5.41) is 28.8. The van der Waals surface area contributed by atoms with Crippen molar-refractivity contribution in [1.82, 2.24) is 49.5 Å². The number of benzene rings is 4. The smallest absolute Gasteiger partial charge is 0.427 e. The van der Waals surface area contributed by atoms with Gasteiger partial charge >= 0.3 is 19.5 Å². The number of nitrogens with zero attached hydrogens (tertiary/aromatic N) is 10. The van der Waals surface area contributed by atoms with Crippen LogP contribution in [0.4, 0.5) is 38.0 Å². The van der Waals surface area contributed by atoms with Gasteiger partial charge in [-0.15, -0.1) is 0 Å². The van der Waals surface area contributed by atoms with Gasteiger partial charge < -0.3 is 21.5 Å². The number of aryl methyl sites for hydroxylation is 2. The summed E-state index contributed by atoms with van der Waals surface area (Å²) in [5.41, 5.74) is 17.5. The van der Waals surface area contributed by atoms with E-state index in [1.165, 1.54) is 36.9 Å². The maximum atomic E-state index is 14.0. The fourth-order valence-corrected chi connectivity index (χ4v) is 9.76. The van der Waals surface area contributed by atoms with Crippen LogP contribution in [0.1, 0.15) is 70.7 Å². The monoisotopic (exact) mass is 1120 g/mol. The molecule has 2 aliphatic carbocycles. The Bertz CT molecular complexity index is 3770. The van der Waals surface area contributed by atoms with E-state index >= 15 is 0 Å². The van der Waals surface area contributed by atoms with Gasteiger partial charge in [0.05, 0.1) is 63.1 Å². The molecule has 74 heavy (non-hydrogen) atoms. The summed E-state index contributed by atoms with van der Waals surface area (Å²) in [6.45, 7) is 4.14. The molecule has 0 radical (unpaired) electrons. The lowest BCUT2D eigenvalue weighted by Gasteiger charge is -2.17. The first-order valence-electron chi connectivity index (χ1n) is 23.4. The minimum absolute atomic E-state index is 0.0189. The van der Waals surface area contributed by atoms with Gasteiger partial charge in [0.15, 0.2) is 11.3 Å². The Morgan fingerprint density at radius 1 is 0.608 bits per heavy atom. The standard InChI is InChI=1S/C26H21F3N6.C23H16F3IN6.C3H7BO2/c1-14-5-4-6-16-11-17(22(33-21(14)16)18-7-2-3-8-19(18)26(27,28)29)12-35-25-20(24(30)31-13-32-25)23(34-35)15-9-10-15;1-12-5-4-6-13-9-14(10-33-22-17(20(27)32-33)21(28)29-11-30-22)19(31-18(12)13)15-7-2-3-8-16(15)23(24,25)26;5-4(6)3-1-2-3/h2-8,11,13,15H,9-10,12H2,1H3,(H2,30,31,32);2-9,11H,10H2,1H3,(H2,28,29,30);3,5-6H,1-2H2. The van der Waals surface area contributed by atoms with Crippen LogP contribution in [0.2, 0.25) is 5.82 Å². The van der Waals surface area contributed by atoms with Crippen molar-refractivity contribution in [2.24, 2.45) is 0 Å². The van der Waals surface area contributed by atoms with Crippen LogP contribution in [0.15, 0.2) is 110 Å². The van der Waals surface area contributed by atoms with Crippen LogP contribution in [0, 0.1) is 17.5 Å². The van der Waals surface area contributed by atoms with Crippen LogP contribution >= 0.6 is 22.6 Å². The normalized spacial score (nSPS) is 13.8. The third-order valence-corrected chi connectivity index (χ3v) is 13.7. The van der Waals surface area contributed by atoms with Gasteiger partial charge in [0, 0.05) is 38.9 Å². The molecule has 0 unspecified atom stereocenters. The fraction of sp³-hybridized carbons (Fsp3) is 0.231. The van der Waals surface area contributed by atoms with E-state index in [0.717, 1.165) is 70.8 Å². The highest BCUT2D eigenvalue weighted by Crippen LogP contribution is 2.45. The second kappa shape index (κ2) is 19.8. The van der Waals surface area contributed by atoms with Gasteiger partial charge in [0.2, 0.25) is 0 Å². The second-order valence-electron chi connectivity index (χ2n) is 18.3. The Kier molecular flexibility index (Phi) is 13.5. The largest absolute Gasteiger partial charge is 0.454 e. The van der Waals surface area contributed by atoms with Crippen molar-refractivity contribution in [3.8, 4) is 22.5 Å². The Labute approximate surface area is 432 Å². The zero-order valence-electron chi connectivity index (χ0n) is 39.5. The number of rotatable bonds is 8. The summed E-state index contributed by atoms with van der Waals surface area (Å²) in [6, 6.07) is 26.2. The van der Waals surface area contributed by atoms with E-state index in [2.05, 4.69) is 25.0 Å². The lowest BCUT2D eigenvalue weighted by atomic mass is 9.84. The molecule has 2 saturated carbocycles. The quantitative estimate of drug-likeness (QED) is 0.0637. The van der Waals surface area contributed by atoms with Gasteiger partial charge in [0.1, 0.15) is 28.0 Å². The number of pyridine rings is 2. The lowest BCUT2D eigenvalue weighted by Crippen LogP contribution is -2.10. The summed E-state index contributed by atoms with van der Waals surface area (Å²) >= 11 is 2.05. The van der Waals surface area contributed by atoms with E-state index in [1.54, 1.807) is 21.5 Å². The van der Waals surface area contributed by atoms with E-state index < -0.39 is 30.6 Å². The summed E-state index contributed by atoms with van der Waals surface area (Å²) in [7, 11) is -1.04. The van der Waals surface area contributed by atoms with Crippen LogP contribution in [-0.4, -0.2) is 66.6 Å². The van der Waals surface area contributed by atoms with Crippen LogP contribution in [-0.2, 0) is 25.4 Å². The molecule has 14 nitrogen and oxygen atoms in total. The summed E-state index contributed by atoms with van der Waals surface area (Å²) in [4.78, 5) is 26.3. The van der Waals surface area contributed by atoms with E-state index in [1.807, 2.05) is 85.0 Å². The van der Waals surface area contributed by atoms with E-state index in [4.69, 9.17) is 36.6 Å². The van der Waals surface area contributed by atoms with Crippen molar-refractivity contribution in [1.29, 1.82) is 0 Å². The molecule has 6 N–H and O–H groups in total. The van der Waals surface area contributed by atoms with Crippen molar-refractivity contribution < 1.29 is 36.4 Å². The number of fused-ring (bicyclic) bond motifs is 4. The van der Waals surface area contributed by atoms with Crippen molar-refractivity contribution in [2.75, 3.05) is 11.5 Å². The fourth-order valence-electron chi connectivity index (χ4n) is 8.99. The van der Waals surface area contributed by atoms with Gasteiger partial charge in [-0.25, -0.2) is 39.3 Å². The molecule has 376 valence electrons. The summed E-state index contributed by atoms with van der Waals surface area (Å²) in [6.07, 6.45) is -2.29. The minimum Gasteiger partial charge on any atom is -0.427 e. The van der Waals surface area contributed by atoms with E-state index in [9.17, 15) is 26.3 Å². The Morgan fingerprint density at radius 2 is 1.07 bits per heavy atom. The molecule has 0 saturated heterocycles. The van der Waals surface area contributed by atoms with Gasteiger partial charge in [0.25, 0.3) is 0 Å². The first kappa shape index (κ1) is 50.2. The van der Waals surface area contributed by atoms with Gasteiger partial charge in [-0.05, 0) is 90.5 Å². The average Bonchev–Trinajstić information content (AvgIpc) is 4.32. The van der Waals surface area contributed by atoms with E-state index in [0.29, 0.717) is 60.1 Å². The maximum absolute atomic E-state index is 14.0. The first-order valence-corrected chi connectivity index (χ1v) is 24.5. The van der Waals surface area contributed by atoms with Crippen LogP contribution in [0.3, 0.4) is 0 Å². The predicted octanol–water partition coefficient (Wildman–Crippen LogP) is 11.1. The second-order valence-corrected chi connectivity index (χ2v) is 19.3. The third-order valence-electron chi connectivity index (χ3n) is 13.0. The molecule has 0 bridgehead atoms. The molecule has 6 aromatic heterocycles. The SMILES string of the molecule is Cc1cccc2cc(Cn3nc(C4CC4)c4c(N)ncnc43)c(-c3ccccc3C(F)(F)F)nc12.Cc1cccc2cc(Cn3nc(I)c4c(N)ncnc43)c(-c3ccccc3C(F)(F)F)nc12.OB(O)C1CC1. The number of anilines is 2. The molecule has 22 heteroatoms. The Morgan fingerprint density at radius 3 is 1.51 bits per heavy atom. The Balaban J connectivity index is 0.000000152. The number of para-hydroxylation sites is 2.